The summed E-state index contributed by atoms with van der Waals surface area (Å²) in [6.07, 6.45) is 2.58. The van der Waals surface area contributed by atoms with Crippen LogP contribution < -0.4 is 11.1 Å². The largest absolute Gasteiger partial charge is 0.347 e. The van der Waals surface area contributed by atoms with Crippen LogP contribution in [0.25, 0.3) is 0 Å². The molecule has 0 aliphatic carbocycles. The van der Waals surface area contributed by atoms with Crippen molar-refractivity contribution >= 4 is 23.6 Å². The van der Waals surface area contributed by atoms with Gasteiger partial charge in [-0.25, -0.2) is 0 Å². The summed E-state index contributed by atoms with van der Waals surface area (Å²) in [6.45, 7) is 1.65. The molecule has 0 saturated carbocycles. The molecule has 2 amide bonds. The Morgan fingerprint density at radius 2 is 2.00 bits per heavy atom. The van der Waals surface area contributed by atoms with Crippen molar-refractivity contribution in [3.8, 4) is 0 Å². The molecular formula is C10H21N3O2S. The molecule has 0 aromatic rings. The van der Waals surface area contributed by atoms with Gasteiger partial charge in [0.05, 0.1) is 6.04 Å². The standard InChI is InChI=1S/C10H21N3O2S/c1-7(10(15)13(2)3)12-9(14)8(11)5-6-16-4/h7-8H,5-6,11H2,1-4H3,(H,12,14)/t7?,8-/m1/s1. The van der Waals surface area contributed by atoms with Crippen molar-refractivity contribution in [1.29, 1.82) is 0 Å². The molecule has 0 aliphatic heterocycles. The maximum atomic E-state index is 11.6. The number of hydrogen-bond donors (Lipinski definition) is 2. The van der Waals surface area contributed by atoms with E-state index in [0.29, 0.717) is 6.42 Å². The van der Waals surface area contributed by atoms with Crippen molar-refractivity contribution in [3.05, 3.63) is 0 Å². The fraction of sp³-hybridized carbons (Fsp3) is 0.800. The van der Waals surface area contributed by atoms with Crippen molar-refractivity contribution in [2.45, 2.75) is 25.4 Å². The number of carbonyl (C=O) groups excluding carboxylic acids is 2. The predicted octanol–water partition coefficient (Wildman–Crippen LogP) is -0.340. The Kier molecular flexibility index (Phi) is 7.16. The molecule has 0 aromatic heterocycles. The van der Waals surface area contributed by atoms with Gasteiger partial charge in [0.2, 0.25) is 11.8 Å². The van der Waals surface area contributed by atoms with Gasteiger partial charge in [0.15, 0.2) is 0 Å². The van der Waals surface area contributed by atoms with Gasteiger partial charge in [-0.2, -0.15) is 11.8 Å². The summed E-state index contributed by atoms with van der Waals surface area (Å²) in [5, 5.41) is 2.61. The fourth-order valence-corrected chi connectivity index (χ4v) is 1.64. The van der Waals surface area contributed by atoms with Gasteiger partial charge in [0.1, 0.15) is 6.04 Å². The molecule has 0 radical (unpaired) electrons. The van der Waals surface area contributed by atoms with Gasteiger partial charge >= 0.3 is 0 Å². The Hall–Kier alpha value is -0.750. The maximum absolute atomic E-state index is 11.6. The predicted molar refractivity (Wildman–Crippen MR) is 67.3 cm³/mol. The van der Waals surface area contributed by atoms with Crippen molar-refractivity contribution in [2.24, 2.45) is 5.73 Å². The van der Waals surface area contributed by atoms with Crippen molar-refractivity contribution in [1.82, 2.24) is 10.2 Å². The third-order valence-corrected chi connectivity index (χ3v) is 2.78. The van der Waals surface area contributed by atoms with Gasteiger partial charge in [0, 0.05) is 14.1 Å². The number of amides is 2. The van der Waals surface area contributed by atoms with Crippen LogP contribution in [0.1, 0.15) is 13.3 Å². The van der Waals surface area contributed by atoms with Gasteiger partial charge in [-0.3, -0.25) is 9.59 Å². The molecule has 0 aromatic carbocycles. The lowest BCUT2D eigenvalue weighted by Crippen LogP contribution is -2.50. The minimum absolute atomic E-state index is 0.134. The normalized spacial score (nSPS) is 14.1. The summed E-state index contributed by atoms with van der Waals surface area (Å²) in [4.78, 5) is 24.5. The molecule has 94 valence electrons. The number of nitrogens with one attached hydrogen (secondary N) is 1. The van der Waals surface area contributed by atoms with Crippen LogP contribution in [0.3, 0.4) is 0 Å². The van der Waals surface area contributed by atoms with Crippen LogP contribution in [0.4, 0.5) is 0 Å². The second kappa shape index (κ2) is 7.51. The SMILES string of the molecule is CSCC[C@@H](N)C(=O)NC(C)C(=O)N(C)C. The van der Waals surface area contributed by atoms with E-state index in [0.717, 1.165) is 5.75 Å². The molecule has 0 saturated heterocycles. The van der Waals surface area contributed by atoms with E-state index in [1.165, 1.54) is 4.90 Å². The molecular weight excluding hydrogens is 226 g/mol. The lowest BCUT2D eigenvalue weighted by Gasteiger charge is -2.19. The molecule has 3 N–H and O–H groups in total. The van der Waals surface area contributed by atoms with Gasteiger partial charge < -0.3 is 16.0 Å². The monoisotopic (exact) mass is 247 g/mol. The average Bonchev–Trinajstić information content (AvgIpc) is 2.24. The number of nitrogens with two attached hydrogens (primary N) is 1. The highest BCUT2D eigenvalue weighted by molar-refractivity contribution is 7.98. The van der Waals surface area contributed by atoms with E-state index in [1.54, 1.807) is 32.8 Å². The molecule has 5 nitrogen and oxygen atoms in total. The van der Waals surface area contributed by atoms with Crippen LogP contribution in [-0.2, 0) is 9.59 Å². The lowest BCUT2D eigenvalue weighted by molar-refractivity contribution is -0.134. The first kappa shape index (κ1) is 15.2. The molecule has 0 bridgehead atoms. The van der Waals surface area contributed by atoms with E-state index in [1.807, 2.05) is 6.26 Å². The Morgan fingerprint density at radius 1 is 1.44 bits per heavy atom. The zero-order valence-corrected chi connectivity index (χ0v) is 11.1. The number of likely N-dealkylation sites (N-methyl/N-ethyl adjacent to an activating group) is 1. The Bertz CT molecular complexity index is 246. The second-order valence-electron chi connectivity index (χ2n) is 3.85. The minimum atomic E-state index is -0.537. The zero-order valence-electron chi connectivity index (χ0n) is 10.3. The highest BCUT2D eigenvalue weighted by atomic mass is 32.2. The van der Waals surface area contributed by atoms with E-state index in [-0.39, 0.29) is 11.8 Å². The highest BCUT2D eigenvalue weighted by Crippen LogP contribution is 1.99. The van der Waals surface area contributed by atoms with Gasteiger partial charge in [0.25, 0.3) is 0 Å². The summed E-state index contributed by atoms with van der Waals surface area (Å²) in [5.74, 6) is 0.437. The van der Waals surface area contributed by atoms with E-state index in [9.17, 15) is 9.59 Å². The first-order chi connectivity index (χ1) is 7.40. The van der Waals surface area contributed by atoms with Crippen molar-refractivity contribution < 1.29 is 9.59 Å². The molecule has 1 unspecified atom stereocenters. The van der Waals surface area contributed by atoms with Crippen molar-refractivity contribution in [3.63, 3.8) is 0 Å². The molecule has 0 rings (SSSR count). The third-order valence-electron chi connectivity index (χ3n) is 2.14. The zero-order chi connectivity index (χ0) is 12.7. The molecule has 2 atom stereocenters. The molecule has 6 heteroatoms. The molecule has 0 aliphatic rings. The van der Waals surface area contributed by atoms with Gasteiger partial charge in [-0.05, 0) is 25.4 Å². The van der Waals surface area contributed by atoms with Crippen LogP contribution in [0.2, 0.25) is 0 Å². The van der Waals surface area contributed by atoms with Gasteiger partial charge in [-0.15, -0.1) is 0 Å². The van der Waals surface area contributed by atoms with Crippen LogP contribution >= 0.6 is 11.8 Å². The first-order valence-corrected chi connectivity index (χ1v) is 6.55. The number of rotatable bonds is 6. The van der Waals surface area contributed by atoms with E-state index < -0.39 is 12.1 Å². The fourth-order valence-electron chi connectivity index (χ4n) is 1.15. The summed E-state index contributed by atoms with van der Waals surface area (Å²) < 4.78 is 0. The van der Waals surface area contributed by atoms with E-state index in [4.69, 9.17) is 5.73 Å². The minimum Gasteiger partial charge on any atom is -0.347 e. The molecule has 0 spiro atoms. The number of hydrogen-bond acceptors (Lipinski definition) is 4. The lowest BCUT2D eigenvalue weighted by atomic mass is 10.2. The summed E-state index contributed by atoms with van der Waals surface area (Å²) in [5.41, 5.74) is 5.68. The number of thioether (sulfide) groups is 1. The molecule has 0 heterocycles. The highest BCUT2D eigenvalue weighted by Gasteiger charge is 2.20. The summed E-state index contributed by atoms with van der Waals surface area (Å²) in [6, 6.07) is -1.06. The first-order valence-electron chi connectivity index (χ1n) is 5.16. The average molecular weight is 247 g/mol. The van der Waals surface area contributed by atoms with Gasteiger partial charge in [-0.1, -0.05) is 0 Å². The van der Waals surface area contributed by atoms with Crippen LogP contribution in [-0.4, -0.2) is 54.9 Å². The molecule has 16 heavy (non-hydrogen) atoms. The van der Waals surface area contributed by atoms with E-state index in [2.05, 4.69) is 5.32 Å². The van der Waals surface area contributed by atoms with Crippen molar-refractivity contribution in [2.75, 3.05) is 26.1 Å². The Labute approximate surface area is 101 Å². The van der Waals surface area contributed by atoms with Crippen LogP contribution in [0.15, 0.2) is 0 Å². The Morgan fingerprint density at radius 3 is 2.44 bits per heavy atom. The second-order valence-corrected chi connectivity index (χ2v) is 4.84. The smallest absolute Gasteiger partial charge is 0.244 e. The Balaban J connectivity index is 4.08. The topological polar surface area (TPSA) is 75.4 Å². The number of carbonyl (C=O) groups is 2. The van der Waals surface area contributed by atoms with Crippen LogP contribution in [0, 0.1) is 0 Å². The summed E-state index contributed by atoms with van der Waals surface area (Å²) >= 11 is 1.64. The van der Waals surface area contributed by atoms with E-state index >= 15 is 0 Å². The third kappa shape index (κ3) is 5.37. The molecule has 0 fully saturated rings. The van der Waals surface area contributed by atoms with Crippen LogP contribution in [0.5, 0.6) is 0 Å². The number of nitrogens with zero attached hydrogens (tertiary/aromatic N) is 1. The maximum Gasteiger partial charge on any atom is 0.244 e. The summed E-state index contributed by atoms with van der Waals surface area (Å²) in [7, 11) is 3.30. The quantitative estimate of drug-likeness (QED) is 0.673.